The van der Waals surface area contributed by atoms with Crippen molar-refractivity contribution in [3.05, 3.63) is 39.7 Å². The number of carbonyl (C=O) groups excluding carboxylic acids is 1. The van der Waals surface area contributed by atoms with E-state index < -0.39 is 10.8 Å². The fourth-order valence-corrected chi connectivity index (χ4v) is 1.35. The van der Waals surface area contributed by atoms with Gasteiger partial charge in [-0.2, -0.15) is 5.21 Å². The molecular formula is C9H8N6O3. The molecule has 0 aliphatic rings. The minimum atomic E-state index is -0.669. The lowest BCUT2D eigenvalue weighted by atomic mass is 10.2. The zero-order chi connectivity index (χ0) is 13.1. The van der Waals surface area contributed by atoms with Gasteiger partial charge < -0.3 is 5.32 Å². The monoisotopic (exact) mass is 248 g/mol. The number of amides is 1. The largest absolute Gasteiger partial charge is 0.313 e. The van der Waals surface area contributed by atoms with E-state index in [9.17, 15) is 14.9 Å². The number of carbonyl (C=O) groups is 1. The maximum Gasteiger partial charge on any atom is 0.297 e. The van der Waals surface area contributed by atoms with Crippen molar-refractivity contribution in [2.24, 2.45) is 0 Å². The van der Waals surface area contributed by atoms with Crippen LogP contribution in [0.5, 0.6) is 0 Å². The maximum atomic E-state index is 11.6. The normalized spacial score (nSPS) is 10.1. The number of H-pyrrole nitrogens is 1. The summed E-state index contributed by atoms with van der Waals surface area (Å²) < 4.78 is 0. The van der Waals surface area contributed by atoms with Gasteiger partial charge in [0.25, 0.3) is 17.4 Å². The van der Waals surface area contributed by atoms with Crippen molar-refractivity contribution in [3.63, 3.8) is 0 Å². The minimum Gasteiger partial charge on any atom is -0.313 e. The third-order valence-corrected chi connectivity index (χ3v) is 2.15. The molecular weight excluding hydrogens is 240 g/mol. The van der Waals surface area contributed by atoms with Gasteiger partial charge in [-0.05, 0) is 23.8 Å². The highest BCUT2D eigenvalue weighted by atomic mass is 16.6. The molecule has 0 saturated heterocycles. The number of anilines is 1. The van der Waals surface area contributed by atoms with Crippen LogP contribution in [0.25, 0.3) is 0 Å². The molecule has 2 aromatic rings. The van der Waals surface area contributed by atoms with Crippen LogP contribution in [-0.4, -0.2) is 31.5 Å². The van der Waals surface area contributed by atoms with Gasteiger partial charge >= 0.3 is 0 Å². The minimum absolute atomic E-state index is 0.0924. The Bertz CT molecular complexity index is 594. The summed E-state index contributed by atoms with van der Waals surface area (Å²) in [5.41, 5.74) is 0.677. The number of tetrazole rings is 1. The molecule has 0 atom stereocenters. The SMILES string of the molecule is Cc1ccc([N+](=O)[O-])c(NC(=O)c2nn[nH]n2)c1. The van der Waals surface area contributed by atoms with Crippen LogP contribution in [0.4, 0.5) is 11.4 Å². The second-order valence-electron chi connectivity index (χ2n) is 3.47. The molecule has 1 aromatic heterocycles. The highest BCUT2D eigenvalue weighted by Gasteiger charge is 2.18. The fraction of sp³-hybridized carbons (Fsp3) is 0.111. The molecule has 18 heavy (non-hydrogen) atoms. The molecule has 92 valence electrons. The standard InChI is InChI=1S/C9H8N6O3/c1-5-2-3-7(15(17)18)6(4-5)10-9(16)8-11-13-14-12-8/h2-4H,1H3,(H,10,16)(H,11,12,13,14). The van der Waals surface area contributed by atoms with Crippen molar-refractivity contribution in [3.8, 4) is 0 Å². The molecule has 0 aliphatic carbocycles. The topological polar surface area (TPSA) is 127 Å². The van der Waals surface area contributed by atoms with Crippen LogP contribution in [-0.2, 0) is 0 Å². The van der Waals surface area contributed by atoms with Crippen molar-refractivity contribution in [1.29, 1.82) is 0 Å². The number of hydrogen-bond acceptors (Lipinski definition) is 6. The van der Waals surface area contributed by atoms with Crippen molar-refractivity contribution < 1.29 is 9.72 Å². The van der Waals surface area contributed by atoms with Gasteiger partial charge in [0.1, 0.15) is 5.69 Å². The second kappa shape index (κ2) is 4.57. The maximum absolute atomic E-state index is 11.6. The number of hydrogen-bond donors (Lipinski definition) is 2. The van der Waals surface area contributed by atoms with E-state index in [4.69, 9.17) is 0 Å². The molecule has 0 radical (unpaired) electrons. The molecule has 0 saturated carbocycles. The molecule has 0 bridgehead atoms. The van der Waals surface area contributed by atoms with Gasteiger partial charge in [-0.1, -0.05) is 6.07 Å². The molecule has 1 heterocycles. The Morgan fingerprint density at radius 3 is 2.89 bits per heavy atom. The van der Waals surface area contributed by atoms with Crippen molar-refractivity contribution >= 4 is 17.3 Å². The van der Waals surface area contributed by atoms with Gasteiger partial charge in [0.2, 0.25) is 0 Å². The summed E-state index contributed by atoms with van der Waals surface area (Å²) in [7, 11) is 0. The lowest BCUT2D eigenvalue weighted by molar-refractivity contribution is -0.383. The molecule has 0 unspecified atom stereocenters. The van der Waals surface area contributed by atoms with Gasteiger partial charge in [0.15, 0.2) is 0 Å². The Morgan fingerprint density at radius 2 is 2.28 bits per heavy atom. The van der Waals surface area contributed by atoms with Crippen LogP contribution in [0.3, 0.4) is 0 Å². The van der Waals surface area contributed by atoms with Gasteiger partial charge in [-0.3, -0.25) is 14.9 Å². The number of nitro groups is 1. The fourth-order valence-electron chi connectivity index (χ4n) is 1.35. The number of benzene rings is 1. The summed E-state index contributed by atoms with van der Waals surface area (Å²) in [5, 5.41) is 25.5. The zero-order valence-electron chi connectivity index (χ0n) is 9.25. The Labute approximate surface area is 100 Å². The van der Waals surface area contributed by atoms with E-state index in [-0.39, 0.29) is 17.2 Å². The number of nitro benzene ring substituents is 1. The average molecular weight is 248 g/mol. The summed E-state index contributed by atoms with van der Waals surface area (Å²) in [6.45, 7) is 1.76. The lowest BCUT2D eigenvalue weighted by Gasteiger charge is -2.04. The van der Waals surface area contributed by atoms with E-state index in [1.165, 1.54) is 12.1 Å². The first-order chi connectivity index (χ1) is 8.58. The molecule has 9 nitrogen and oxygen atoms in total. The van der Waals surface area contributed by atoms with Crippen LogP contribution >= 0.6 is 0 Å². The quantitative estimate of drug-likeness (QED) is 0.607. The first-order valence-corrected chi connectivity index (χ1v) is 4.88. The average Bonchev–Trinajstić information content (AvgIpc) is 2.81. The molecule has 0 spiro atoms. The number of aromatic nitrogens is 4. The van der Waals surface area contributed by atoms with Crippen LogP contribution in [0, 0.1) is 17.0 Å². The predicted octanol–water partition coefficient (Wildman–Crippen LogP) is 0.669. The highest BCUT2D eigenvalue weighted by molar-refractivity contribution is 6.02. The summed E-state index contributed by atoms with van der Waals surface area (Å²) in [6.07, 6.45) is 0. The molecule has 9 heteroatoms. The van der Waals surface area contributed by atoms with Gasteiger partial charge in [-0.15, -0.1) is 10.2 Å². The van der Waals surface area contributed by atoms with Crippen LogP contribution in [0.15, 0.2) is 18.2 Å². The van der Waals surface area contributed by atoms with Crippen molar-refractivity contribution in [1.82, 2.24) is 20.6 Å². The molecule has 2 N–H and O–H groups in total. The van der Waals surface area contributed by atoms with Gasteiger partial charge in [-0.25, -0.2) is 0 Å². The van der Waals surface area contributed by atoms with E-state index in [1.54, 1.807) is 13.0 Å². The lowest BCUT2D eigenvalue weighted by Crippen LogP contribution is -2.15. The summed E-state index contributed by atoms with van der Waals surface area (Å²) in [5.74, 6) is -0.858. The predicted molar refractivity (Wildman–Crippen MR) is 60.0 cm³/mol. The van der Waals surface area contributed by atoms with E-state index >= 15 is 0 Å². The van der Waals surface area contributed by atoms with E-state index in [0.29, 0.717) is 0 Å². The van der Waals surface area contributed by atoms with E-state index in [1.807, 2.05) is 0 Å². The first-order valence-electron chi connectivity index (χ1n) is 4.88. The first kappa shape index (κ1) is 11.6. The summed E-state index contributed by atoms with van der Waals surface area (Å²) in [4.78, 5) is 21.9. The number of aryl methyl sites for hydroxylation is 1. The third kappa shape index (κ3) is 2.29. The number of nitrogens with one attached hydrogen (secondary N) is 2. The highest BCUT2D eigenvalue weighted by Crippen LogP contribution is 2.25. The van der Waals surface area contributed by atoms with E-state index in [2.05, 4.69) is 25.9 Å². The molecule has 0 fully saturated rings. The molecule has 2 rings (SSSR count). The Hall–Kier alpha value is -2.84. The summed E-state index contributed by atoms with van der Waals surface area (Å²) in [6, 6.07) is 4.40. The molecule has 0 aliphatic heterocycles. The number of aromatic amines is 1. The second-order valence-corrected chi connectivity index (χ2v) is 3.47. The Balaban J connectivity index is 2.31. The Kier molecular flexibility index (Phi) is 2.96. The van der Waals surface area contributed by atoms with Gasteiger partial charge in [0, 0.05) is 6.07 Å². The molecule has 1 amide bonds. The van der Waals surface area contributed by atoms with E-state index in [0.717, 1.165) is 5.56 Å². The van der Waals surface area contributed by atoms with Crippen molar-refractivity contribution in [2.45, 2.75) is 6.92 Å². The number of rotatable bonds is 3. The van der Waals surface area contributed by atoms with Gasteiger partial charge in [0.05, 0.1) is 4.92 Å². The van der Waals surface area contributed by atoms with Crippen molar-refractivity contribution in [2.75, 3.05) is 5.32 Å². The zero-order valence-corrected chi connectivity index (χ0v) is 9.25. The van der Waals surface area contributed by atoms with Crippen LogP contribution in [0.1, 0.15) is 16.2 Å². The van der Waals surface area contributed by atoms with Crippen LogP contribution < -0.4 is 5.32 Å². The smallest absolute Gasteiger partial charge is 0.297 e. The van der Waals surface area contributed by atoms with Crippen LogP contribution in [0.2, 0.25) is 0 Å². The third-order valence-electron chi connectivity index (χ3n) is 2.15. The Morgan fingerprint density at radius 1 is 1.50 bits per heavy atom. The number of nitrogens with zero attached hydrogens (tertiary/aromatic N) is 4. The summed E-state index contributed by atoms with van der Waals surface area (Å²) >= 11 is 0. The molecule has 1 aromatic carbocycles.